The van der Waals surface area contributed by atoms with Crippen LogP contribution in [0.3, 0.4) is 0 Å². The predicted octanol–water partition coefficient (Wildman–Crippen LogP) is 3.23. The summed E-state index contributed by atoms with van der Waals surface area (Å²) < 4.78 is 1.80. The molecule has 0 atom stereocenters. The molecule has 138 valence electrons. The molecule has 7 nitrogen and oxygen atoms in total. The number of carboxylic acids is 1. The molecule has 1 aromatic carbocycles. The average Bonchev–Trinajstić information content (AvgIpc) is 2.99. The number of aliphatic carboxylic acids is 1. The van der Waals surface area contributed by atoms with E-state index < -0.39 is 17.5 Å². The van der Waals surface area contributed by atoms with Gasteiger partial charge >= 0.3 is 12.0 Å². The minimum absolute atomic E-state index is 0.467. The van der Waals surface area contributed by atoms with Crippen molar-refractivity contribution in [2.75, 3.05) is 5.32 Å². The second kappa shape index (κ2) is 8.03. The highest BCUT2D eigenvalue weighted by molar-refractivity contribution is 5.94. The summed E-state index contributed by atoms with van der Waals surface area (Å²) in [6.45, 7) is 0.600. The van der Waals surface area contributed by atoms with Gasteiger partial charge in [0.1, 0.15) is 5.54 Å². The number of amides is 2. The third-order valence-electron chi connectivity index (χ3n) is 4.81. The number of nitrogens with zero attached hydrogens (tertiary/aromatic N) is 2. The number of nitrogens with one attached hydrogen (secondary N) is 2. The molecule has 1 heterocycles. The molecule has 1 aliphatic carbocycles. The molecule has 0 saturated heterocycles. The first-order valence-electron chi connectivity index (χ1n) is 8.96. The number of aromatic nitrogens is 2. The van der Waals surface area contributed by atoms with E-state index in [2.05, 4.69) is 15.7 Å². The van der Waals surface area contributed by atoms with Gasteiger partial charge in [-0.1, -0.05) is 37.8 Å². The van der Waals surface area contributed by atoms with Gasteiger partial charge in [-0.3, -0.25) is 4.68 Å². The Hall–Kier alpha value is -2.83. The highest BCUT2D eigenvalue weighted by Crippen LogP contribution is 2.27. The summed E-state index contributed by atoms with van der Waals surface area (Å²) in [6.07, 6.45) is 8.16. The molecular formula is C19H24N4O3. The first-order valence-corrected chi connectivity index (χ1v) is 8.96. The summed E-state index contributed by atoms with van der Waals surface area (Å²) in [4.78, 5) is 24.2. The Morgan fingerprint density at radius 2 is 1.92 bits per heavy atom. The van der Waals surface area contributed by atoms with E-state index in [0.29, 0.717) is 25.1 Å². The first-order chi connectivity index (χ1) is 12.6. The maximum Gasteiger partial charge on any atom is 0.329 e. The maximum atomic E-state index is 12.4. The number of benzene rings is 1. The van der Waals surface area contributed by atoms with E-state index in [9.17, 15) is 14.7 Å². The van der Waals surface area contributed by atoms with Crippen LogP contribution in [0.5, 0.6) is 0 Å². The third kappa shape index (κ3) is 4.41. The predicted molar refractivity (Wildman–Crippen MR) is 98.0 cm³/mol. The fourth-order valence-corrected chi connectivity index (χ4v) is 3.43. The lowest BCUT2D eigenvalue weighted by Crippen LogP contribution is -2.55. The van der Waals surface area contributed by atoms with Gasteiger partial charge in [-0.15, -0.1) is 0 Å². The SMILES string of the molecule is O=C(Nc1cccc(Cn2cccn2)c1)NC1(C(=O)O)CCCCCC1. The second-order valence-electron chi connectivity index (χ2n) is 6.78. The molecule has 0 aliphatic heterocycles. The van der Waals surface area contributed by atoms with Crippen LogP contribution in [0.1, 0.15) is 44.1 Å². The second-order valence-corrected chi connectivity index (χ2v) is 6.78. The molecule has 26 heavy (non-hydrogen) atoms. The summed E-state index contributed by atoms with van der Waals surface area (Å²) in [5.41, 5.74) is 0.447. The molecule has 3 rings (SSSR count). The summed E-state index contributed by atoms with van der Waals surface area (Å²) in [7, 11) is 0. The fourth-order valence-electron chi connectivity index (χ4n) is 3.43. The molecule has 7 heteroatoms. The molecule has 1 saturated carbocycles. The van der Waals surface area contributed by atoms with Crippen molar-refractivity contribution in [3.8, 4) is 0 Å². The highest BCUT2D eigenvalue weighted by Gasteiger charge is 2.40. The lowest BCUT2D eigenvalue weighted by Gasteiger charge is -2.29. The number of carbonyl (C=O) groups excluding carboxylic acids is 1. The average molecular weight is 356 g/mol. The monoisotopic (exact) mass is 356 g/mol. The van der Waals surface area contributed by atoms with Gasteiger partial charge in [-0.05, 0) is 36.6 Å². The van der Waals surface area contributed by atoms with Crippen LogP contribution in [0.2, 0.25) is 0 Å². The number of rotatable bonds is 5. The Balaban J connectivity index is 1.66. The Morgan fingerprint density at radius 1 is 1.15 bits per heavy atom. The lowest BCUT2D eigenvalue weighted by atomic mass is 9.90. The topological polar surface area (TPSA) is 96.3 Å². The van der Waals surface area contributed by atoms with E-state index in [0.717, 1.165) is 31.2 Å². The van der Waals surface area contributed by atoms with Crippen LogP contribution < -0.4 is 10.6 Å². The Bertz CT molecular complexity index is 750. The summed E-state index contributed by atoms with van der Waals surface area (Å²) >= 11 is 0. The lowest BCUT2D eigenvalue weighted by molar-refractivity contribution is -0.145. The van der Waals surface area contributed by atoms with Gasteiger partial charge in [-0.2, -0.15) is 5.10 Å². The molecule has 1 aliphatic rings. The van der Waals surface area contributed by atoms with Gasteiger partial charge in [0.2, 0.25) is 0 Å². The zero-order valence-electron chi connectivity index (χ0n) is 14.6. The van der Waals surface area contributed by atoms with Crippen molar-refractivity contribution >= 4 is 17.7 Å². The van der Waals surface area contributed by atoms with Gasteiger partial charge in [0.15, 0.2) is 0 Å². The van der Waals surface area contributed by atoms with Crippen molar-refractivity contribution in [1.82, 2.24) is 15.1 Å². The molecule has 0 radical (unpaired) electrons. The standard InChI is InChI=1S/C19H24N4O3/c24-17(25)19(9-3-1-2-4-10-19)22-18(26)21-16-8-5-7-15(13-16)14-23-12-6-11-20-23/h5-8,11-13H,1-4,9-10,14H2,(H,24,25)(H2,21,22,26). The van der Waals surface area contributed by atoms with Crippen molar-refractivity contribution in [1.29, 1.82) is 0 Å². The molecule has 2 amide bonds. The number of carbonyl (C=O) groups is 2. The number of carboxylic acid groups (broad SMARTS) is 1. The number of anilines is 1. The third-order valence-corrected chi connectivity index (χ3v) is 4.81. The van der Waals surface area contributed by atoms with Crippen LogP contribution in [0.15, 0.2) is 42.7 Å². The number of urea groups is 1. The van der Waals surface area contributed by atoms with Gasteiger partial charge in [-0.25, -0.2) is 9.59 Å². The minimum Gasteiger partial charge on any atom is -0.480 e. The van der Waals surface area contributed by atoms with Gasteiger partial charge < -0.3 is 15.7 Å². The Labute approximate surface area is 152 Å². The molecule has 0 bridgehead atoms. The summed E-state index contributed by atoms with van der Waals surface area (Å²) in [5, 5.41) is 19.3. The first kappa shape index (κ1) is 18.0. The maximum absolute atomic E-state index is 12.4. The molecule has 1 fully saturated rings. The normalized spacial score (nSPS) is 16.5. The van der Waals surface area contributed by atoms with Crippen LogP contribution in [0.4, 0.5) is 10.5 Å². The number of hydrogen-bond acceptors (Lipinski definition) is 3. The smallest absolute Gasteiger partial charge is 0.329 e. The van der Waals surface area contributed by atoms with Crippen molar-refractivity contribution in [3.63, 3.8) is 0 Å². The van der Waals surface area contributed by atoms with Crippen LogP contribution in [0.25, 0.3) is 0 Å². The van der Waals surface area contributed by atoms with E-state index >= 15 is 0 Å². The van der Waals surface area contributed by atoms with Crippen LogP contribution in [-0.4, -0.2) is 32.4 Å². The zero-order chi connectivity index (χ0) is 18.4. The molecule has 3 N–H and O–H groups in total. The molecule has 1 aromatic heterocycles. The Morgan fingerprint density at radius 3 is 2.58 bits per heavy atom. The van der Waals surface area contributed by atoms with Crippen LogP contribution in [-0.2, 0) is 11.3 Å². The summed E-state index contributed by atoms with van der Waals surface area (Å²) in [6, 6.07) is 8.83. The highest BCUT2D eigenvalue weighted by atomic mass is 16.4. The van der Waals surface area contributed by atoms with E-state index in [-0.39, 0.29) is 0 Å². The molecule has 0 unspecified atom stereocenters. The minimum atomic E-state index is -1.17. The van der Waals surface area contributed by atoms with E-state index in [4.69, 9.17) is 0 Å². The van der Waals surface area contributed by atoms with E-state index in [1.807, 2.05) is 30.5 Å². The van der Waals surface area contributed by atoms with E-state index in [1.165, 1.54) is 0 Å². The van der Waals surface area contributed by atoms with Crippen molar-refractivity contribution in [2.45, 2.75) is 50.6 Å². The largest absolute Gasteiger partial charge is 0.480 e. The van der Waals surface area contributed by atoms with Crippen molar-refractivity contribution in [2.24, 2.45) is 0 Å². The number of hydrogen-bond donors (Lipinski definition) is 3. The zero-order valence-corrected chi connectivity index (χ0v) is 14.6. The molecule has 2 aromatic rings. The van der Waals surface area contributed by atoms with Crippen LogP contribution >= 0.6 is 0 Å². The quantitative estimate of drug-likeness (QED) is 0.717. The van der Waals surface area contributed by atoms with Gasteiger partial charge in [0.05, 0.1) is 6.54 Å². The van der Waals surface area contributed by atoms with E-state index in [1.54, 1.807) is 16.9 Å². The van der Waals surface area contributed by atoms with Crippen molar-refractivity contribution < 1.29 is 14.7 Å². The van der Waals surface area contributed by atoms with Gasteiger partial charge in [0.25, 0.3) is 0 Å². The molecular weight excluding hydrogens is 332 g/mol. The van der Waals surface area contributed by atoms with Crippen LogP contribution in [0, 0.1) is 0 Å². The van der Waals surface area contributed by atoms with Crippen molar-refractivity contribution in [3.05, 3.63) is 48.3 Å². The van der Waals surface area contributed by atoms with Gasteiger partial charge in [0, 0.05) is 18.1 Å². The molecule has 0 spiro atoms. The Kier molecular flexibility index (Phi) is 5.55. The fraction of sp³-hybridized carbons (Fsp3) is 0.421. The summed E-state index contributed by atoms with van der Waals surface area (Å²) in [5.74, 6) is -0.956.